The molecule has 0 amide bonds. The van der Waals surface area contributed by atoms with E-state index in [1.807, 2.05) is 12.1 Å². The van der Waals surface area contributed by atoms with Crippen LogP contribution in [0.3, 0.4) is 0 Å². The zero-order valence-electron chi connectivity index (χ0n) is 7.82. The molecule has 74 valence electrons. The van der Waals surface area contributed by atoms with E-state index in [0.717, 1.165) is 16.6 Å². The summed E-state index contributed by atoms with van der Waals surface area (Å²) in [5, 5.41) is 3.61. The van der Waals surface area contributed by atoms with Crippen molar-refractivity contribution in [1.29, 1.82) is 0 Å². The predicted octanol–water partition coefficient (Wildman–Crippen LogP) is 2.36. The second-order valence-corrected chi connectivity index (χ2v) is 4.93. The van der Waals surface area contributed by atoms with E-state index in [0.29, 0.717) is 5.25 Å². The van der Waals surface area contributed by atoms with E-state index < -0.39 is 0 Å². The number of benzene rings is 1. The Balaban J connectivity index is 2.13. The molecule has 0 spiro atoms. The van der Waals surface area contributed by atoms with Crippen molar-refractivity contribution in [3.8, 4) is 5.75 Å². The van der Waals surface area contributed by atoms with Gasteiger partial charge in [0.2, 0.25) is 0 Å². The number of hydrogen-bond donors (Lipinski definition) is 1. The van der Waals surface area contributed by atoms with Crippen LogP contribution in [0, 0.1) is 0 Å². The standard InChI is InChI=1S/C10H11NOS2/c1-12-8-4-2-7(3-5-8)9-6-11-10(13)14-9/h2-5,9H,6H2,1H3,(H,11,13). The van der Waals surface area contributed by atoms with Crippen LogP contribution in [0.15, 0.2) is 24.3 Å². The maximum atomic E-state index is 5.10. The van der Waals surface area contributed by atoms with Crippen molar-refractivity contribution in [1.82, 2.24) is 5.32 Å². The summed E-state index contributed by atoms with van der Waals surface area (Å²) in [6.07, 6.45) is 0. The average Bonchev–Trinajstić information content (AvgIpc) is 2.65. The van der Waals surface area contributed by atoms with Crippen molar-refractivity contribution in [3.05, 3.63) is 29.8 Å². The number of thiocarbonyl (C=S) groups is 1. The summed E-state index contributed by atoms with van der Waals surface area (Å²) >= 11 is 6.78. The summed E-state index contributed by atoms with van der Waals surface area (Å²) in [6, 6.07) is 8.15. The van der Waals surface area contributed by atoms with E-state index in [1.165, 1.54) is 5.56 Å². The Labute approximate surface area is 93.0 Å². The maximum absolute atomic E-state index is 5.10. The predicted molar refractivity (Wildman–Crippen MR) is 63.9 cm³/mol. The monoisotopic (exact) mass is 225 g/mol. The van der Waals surface area contributed by atoms with Crippen molar-refractivity contribution < 1.29 is 4.74 Å². The number of thioether (sulfide) groups is 1. The highest BCUT2D eigenvalue weighted by atomic mass is 32.2. The zero-order valence-corrected chi connectivity index (χ0v) is 9.45. The molecule has 1 heterocycles. The third-order valence-corrected chi connectivity index (χ3v) is 3.68. The Hall–Kier alpha value is -0.740. The minimum atomic E-state index is 0.452. The summed E-state index contributed by atoms with van der Waals surface area (Å²) < 4.78 is 6.00. The van der Waals surface area contributed by atoms with Gasteiger partial charge in [-0.2, -0.15) is 0 Å². The van der Waals surface area contributed by atoms with Crippen molar-refractivity contribution >= 4 is 28.3 Å². The van der Waals surface area contributed by atoms with Gasteiger partial charge in [-0.25, -0.2) is 0 Å². The smallest absolute Gasteiger partial charge is 0.134 e. The Bertz CT molecular complexity index is 336. The Morgan fingerprint density at radius 1 is 1.43 bits per heavy atom. The molecular weight excluding hydrogens is 214 g/mol. The molecule has 4 heteroatoms. The molecule has 1 aliphatic heterocycles. The van der Waals surface area contributed by atoms with Gasteiger partial charge in [0, 0.05) is 6.54 Å². The van der Waals surface area contributed by atoms with E-state index in [-0.39, 0.29) is 0 Å². The number of methoxy groups -OCH3 is 1. The highest BCUT2D eigenvalue weighted by Crippen LogP contribution is 2.33. The summed E-state index contributed by atoms with van der Waals surface area (Å²) in [5.41, 5.74) is 1.29. The molecule has 1 atom stereocenters. The second-order valence-electron chi connectivity index (χ2n) is 3.05. The molecule has 0 radical (unpaired) electrons. The largest absolute Gasteiger partial charge is 0.497 e. The third-order valence-electron chi connectivity index (χ3n) is 2.17. The van der Waals surface area contributed by atoms with Crippen LogP contribution in [0.25, 0.3) is 0 Å². The minimum absolute atomic E-state index is 0.452. The van der Waals surface area contributed by atoms with Gasteiger partial charge in [-0.1, -0.05) is 36.1 Å². The topological polar surface area (TPSA) is 21.3 Å². The van der Waals surface area contributed by atoms with Gasteiger partial charge in [-0.05, 0) is 17.7 Å². The summed E-state index contributed by atoms with van der Waals surface area (Å²) in [5.74, 6) is 0.896. The maximum Gasteiger partial charge on any atom is 0.134 e. The number of nitrogens with one attached hydrogen (secondary N) is 1. The highest BCUT2D eigenvalue weighted by Gasteiger charge is 2.20. The zero-order chi connectivity index (χ0) is 9.97. The van der Waals surface area contributed by atoms with Crippen LogP contribution in [0.4, 0.5) is 0 Å². The van der Waals surface area contributed by atoms with Crippen LogP contribution in [0.2, 0.25) is 0 Å². The van der Waals surface area contributed by atoms with Crippen LogP contribution >= 0.6 is 24.0 Å². The van der Waals surface area contributed by atoms with Crippen molar-refractivity contribution in [2.24, 2.45) is 0 Å². The first-order valence-corrected chi connectivity index (χ1v) is 5.67. The molecule has 1 unspecified atom stereocenters. The average molecular weight is 225 g/mol. The Morgan fingerprint density at radius 2 is 2.14 bits per heavy atom. The molecule has 14 heavy (non-hydrogen) atoms. The van der Waals surface area contributed by atoms with Gasteiger partial charge in [-0.3, -0.25) is 0 Å². The fourth-order valence-electron chi connectivity index (χ4n) is 1.39. The summed E-state index contributed by atoms with van der Waals surface area (Å²) in [7, 11) is 1.68. The fourth-order valence-corrected chi connectivity index (χ4v) is 2.71. The number of hydrogen-bond acceptors (Lipinski definition) is 3. The molecule has 2 nitrogen and oxygen atoms in total. The van der Waals surface area contributed by atoms with Crippen LogP contribution in [-0.2, 0) is 0 Å². The molecule has 1 saturated heterocycles. The van der Waals surface area contributed by atoms with Crippen LogP contribution < -0.4 is 10.1 Å². The molecular formula is C10H11NOS2. The van der Waals surface area contributed by atoms with Crippen molar-refractivity contribution in [2.75, 3.05) is 13.7 Å². The van der Waals surface area contributed by atoms with Gasteiger partial charge in [0.25, 0.3) is 0 Å². The lowest BCUT2D eigenvalue weighted by molar-refractivity contribution is 0.414. The van der Waals surface area contributed by atoms with Gasteiger partial charge in [0.15, 0.2) is 0 Å². The Morgan fingerprint density at radius 3 is 2.64 bits per heavy atom. The Kier molecular flexibility index (Phi) is 2.93. The van der Waals surface area contributed by atoms with Gasteiger partial charge < -0.3 is 10.1 Å². The van der Waals surface area contributed by atoms with Gasteiger partial charge in [0.1, 0.15) is 10.1 Å². The molecule has 0 aliphatic carbocycles. The third kappa shape index (κ3) is 2.01. The van der Waals surface area contributed by atoms with Gasteiger partial charge in [0.05, 0.1) is 12.4 Å². The molecule has 1 aromatic carbocycles. The molecule has 1 N–H and O–H groups in total. The van der Waals surface area contributed by atoms with E-state index in [4.69, 9.17) is 17.0 Å². The molecule has 1 fully saturated rings. The quantitative estimate of drug-likeness (QED) is 0.780. The lowest BCUT2D eigenvalue weighted by Crippen LogP contribution is -2.11. The van der Waals surface area contributed by atoms with E-state index in [2.05, 4.69) is 17.4 Å². The van der Waals surface area contributed by atoms with E-state index in [9.17, 15) is 0 Å². The first-order chi connectivity index (χ1) is 6.79. The SMILES string of the molecule is COc1ccc(C2CNC(=S)S2)cc1. The molecule has 1 aromatic rings. The van der Waals surface area contributed by atoms with Gasteiger partial charge >= 0.3 is 0 Å². The minimum Gasteiger partial charge on any atom is -0.497 e. The van der Waals surface area contributed by atoms with Crippen LogP contribution in [0.5, 0.6) is 5.75 Å². The van der Waals surface area contributed by atoms with Crippen LogP contribution in [-0.4, -0.2) is 18.0 Å². The normalized spacial score (nSPS) is 20.6. The molecule has 0 aromatic heterocycles. The summed E-state index contributed by atoms with van der Waals surface area (Å²) in [6.45, 7) is 0.926. The lowest BCUT2D eigenvalue weighted by Gasteiger charge is -2.07. The molecule has 0 saturated carbocycles. The molecule has 1 aliphatic rings. The lowest BCUT2D eigenvalue weighted by atomic mass is 10.1. The highest BCUT2D eigenvalue weighted by molar-refractivity contribution is 8.23. The first-order valence-electron chi connectivity index (χ1n) is 4.38. The second kappa shape index (κ2) is 4.19. The summed E-state index contributed by atoms with van der Waals surface area (Å²) in [4.78, 5) is 0. The van der Waals surface area contributed by atoms with E-state index in [1.54, 1.807) is 18.9 Å². The molecule has 2 rings (SSSR count). The van der Waals surface area contributed by atoms with Crippen molar-refractivity contribution in [3.63, 3.8) is 0 Å². The van der Waals surface area contributed by atoms with Gasteiger partial charge in [-0.15, -0.1) is 0 Å². The van der Waals surface area contributed by atoms with Crippen LogP contribution in [0.1, 0.15) is 10.8 Å². The molecule has 0 bridgehead atoms. The first kappa shape index (κ1) is 9.80. The van der Waals surface area contributed by atoms with E-state index >= 15 is 0 Å². The van der Waals surface area contributed by atoms with Crippen molar-refractivity contribution in [2.45, 2.75) is 5.25 Å². The fraction of sp³-hybridized carbons (Fsp3) is 0.300. The number of ether oxygens (including phenoxy) is 1. The number of rotatable bonds is 2.